The molecule has 0 aliphatic rings. The lowest BCUT2D eigenvalue weighted by atomic mass is 9.87. The van der Waals surface area contributed by atoms with Crippen molar-refractivity contribution in [2.75, 3.05) is 24.7 Å². The molecule has 0 saturated heterocycles. The van der Waals surface area contributed by atoms with Gasteiger partial charge in [-0.2, -0.15) is 0 Å². The lowest BCUT2D eigenvalue weighted by Crippen LogP contribution is -2.32. The average molecular weight is 415 g/mol. The van der Waals surface area contributed by atoms with Crippen LogP contribution in [0.5, 0.6) is 0 Å². The molecule has 0 aliphatic heterocycles. The number of benzene rings is 2. The van der Waals surface area contributed by atoms with Crippen LogP contribution in [0.1, 0.15) is 36.7 Å². The summed E-state index contributed by atoms with van der Waals surface area (Å²) in [5.74, 6) is -1.50. The Hall–Kier alpha value is -2.80. The summed E-state index contributed by atoms with van der Waals surface area (Å²) in [4.78, 5) is 36.9. The highest BCUT2D eigenvalue weighted by Gasteiger charge is 2.15. The molecule has 2 aromatic carbocycles. The summed E-state index contributed by atoms with van der Waals surface area (Å²) in [6, 6.07) is 14.6. The maximum absolute atomic E-state index is 12.1. The number of carbonyl (C=O) groups is 3. The summed E-state index contributed by atoms with van der Waals surface area (Å²) < 4.78 is 4.91. The molecule has 0 spiro atoms. The minimum atomic E-state index is -0.683. The fourth-order valence-corrected chi connectivity index (χ4v) is 2.93. The Labute approximate surface area is 175 Å². The summed E-state index contributed by atoms with van der Waals surface area (Å²) in [7, 11) is 0. The number of hydrogen-bond acceptors (Lipinski definition) is 5. The predicted octanol–water partition coefficient (Wildman–Crippen LogP) is 3.62. The first-order valence-electron chi connectivity index (χ1n) is 9.17. The summed E-state index contributed by atoms with van der Waals surface area (Å²) in [6.45, 7) is 5.54. The molecule has 7 heteroatoms. The van der Waals surface area contributed by atoms with E-state index in [-0.39, 0.29) is 17.9 Å². The van der Waals surface area contributed by atoms with Gasteiger partial charge in [-0.3, -0.25) is 14.4 Å². The SMILES string of the molecule is CSc1cccc(NC(=O)COC(=O)CNC(=O)c2ccc(C(C)(C)C)cc2)c1. The normalized spacial score (nSPS) is 10.9. The molecule has 2 aromatic rings. The van der Waals surface area contributed by atoms with E-state index < -0.39 is 18.5 Å². The molecule has 6 nitrogen and oxygen atoms in total. The lowest BCUT2D eigenvalue weighted by Gasteiger charge is -2.19. The van der Waals surface area contributed by atoms with Gasteiger partial charge in [0.25, 0.3) is 11.8 Å². The van der Waals surface area contributed by atoms with Crippen LogP contribution in [0.15, 0.2) is 53.4 Å². The van der Waals surface area contributed by atoms with Gasteiger partial charge in [0.1, 0.15) is 6.54 Å². The molecular formula is C22H26N2O4S. The first kappa shape index (κ1) is 22.5. The smallest absolute Gasteiger partial charge is 0.325 e. The molecule has 0 aliphatic carbocycles. The number of esters is 1. The van der Waals surface area contributed by atoms with Crippen molar-refractivity contribution in [3.63, 3.8) is 0 Å². The van der Waals surface area contributed by atoms with Crippen molar-refractivity contribution < 1.29 is 19.1 Å². The minimum Gasteiger partial charge on any atom is -0.454 e. The number of rotatable bonds is 7. The second-order valence-corrected chi connectivity index (χ2v) is 8.33. The van der Waals surface area contributed by atoms with Crippen LogP contribution in [0, 0.1) is 0 Å². The Bertz CT molecular complexity index is 873. The van der Waals surface area contributed by atoms with Gasteiger partial charge in [0.05, 0.1) is 0 Å². The second kappa shape index (κ2) is 10.1. The Morgan fingerprint density at radius 3 is 2.34 bits per heavy atom. The minimum absolute atomic E-state index is 0.00389. The molecule has 2 N–H and O–H groups in total. The van der Waals surface area contributed by atoms with Gasteiger partial charge in [0, 0.05) is 16.1 Å². The van der Waals surface area contributed by atoms with Gasteiger partial charge in [-0.15, -0.1) is 11.8 Å². The van der Waals surface area contributed by atoms with Crippen molar-refractivity contribution in [1.82, 2.24) is 5.32 Å². The zero-order valence-electron chi connectivity index (χ0n) is 17.1. The molecule has 0 saturated carbocycles. The van der Waals surface area contributed by atoms with E-state index in [1.54, 1.807) is 30.0 Å². The van der Waals surface area contributed by atoms with E-state index in [9.17, 15) is 14.4 Å². The standard InChI is InChI=1S/C22H26N2O4S/c1-22(2,3)16-10-8-15(9-11-16)21(27)23-13-20(26)28-14-19(25)24-17-6-5-7-18(12-17)29-4/h5-12H,13-14H2,1-4H3,(H,23,27)(H,24,25). The van der Waals surface area contributed by atoms with Gasteiger partial charge < -0.3 is 15.4 Å². The van der Waals surface area contributed by atoms with Crippen LogP contribution in [0.4, 0.5) is 5.69 Å². The average Bonchev–Trinajstić information content (AvgIpc) is 2.70. The fraction of sp³-hybridized carbons (Fsp3) is 0.318. The van der Waals surface area contributed by atoms with Gasteiger partial charge in [-0.1, -0.05) is 39.0 Å². The van der Waals surface area contributed by atoms with Gasteiger partial charge >= 0.3 is 5.97 Å². The molecular weight excluding hydrogens is 388 g/mol. The maximum Gasteiger partial charge on any atom is 0.325 e. The number of amides is 2. The summed E-state index contributed by atoms with van der Waals surface area (Å²) in [6.07, 6.45) is 1.94. The zero-order valence-corrected chi connectivity index (χ0v) is 17.9. The second-order valence-electron chi connectivity index (χ2n) is 7.45. The van der Waals surface area contributed by atoms with Crippen LogP contribution in [-0.4, -0.2) is 37.2 Å². The van der Waals surface area contributed by atoms with Crippen molar-refractivity contribution in [3.05, 3.63) is 59.7 Å². The van der Waals surface area contributed by atoms with Crippen molar-refractivity contribution in [3.8, 4) is 0 Å². The molecule has 0 atom stereocenters. The summed E-state index contributed by atoms with van der Waals surface area (Å²) >= 11 is 1.56. The largest absolute Gasteiger partial charge is 0.454 e. The van der Waals surface area contributed by atoms with Crippen LogP contribution in [0.3, 0.4) is 0 Å². The molecule has 2 amide bonds. The number of thioether (sulfide) groups is 1. The molecule has 0 bridgehead atoms. The first-order valence-corrected chi connectivity index (χ1v) is 10.4. The van der Waals surface area contributed by atoms with Crippen LogP contribution >= 0.6 is 11.8 Å². The number of anilines is 1. The van der Waals surface area contributed by atoms with Crippen LogP contribution in [-0.2, 0) is 19.7 Å². The molecule has 2 rings (SSSR count). The molecule has 0 unspecified atom stereocenters. The third kappa shape index (κ3) is 7.27. The zero-order chi connectivity index (χ0) is 21.4. The topological polar surface area (TPSA) is 84.5 Å². The molecule has 0 heterocycles. The fourth-order valence-electron chi connectivity index (χ4n) is 2.47. The van der Waals surface area contributed by atoms with Gasteiger partial charge in [0.2, 0.25) is 0 Å². The number of carbonyl (C=O) groups excluding carboxylic acids is 3. The van der Waals surface area contributed by atoms with Crippen LogP contribution in [0.2, 0.25) is 0 Å². The maximum atomic E-state index is 12.1. The highest BCUT2D eigenvalue weighted by Crippen LogP contribution is 2.22. The highest BCUT2D eigenvalue weighted by molar-refractivity contribution is 7.98. The van der Waals surface area contributed by atoms with E-state index in [4.69, 9.17) is 4.74 Å². The molecule has 154 valence electrons. The van der Waals surface area contributed by atoms with Gasteiger partial charge in [0.15, 0.2) is 6.61 Å². The van der Waals surface area contributed by atoms with E-state index in [1.807, 2.05) is 36.6 Å². The predicted molar refractivity (Wildman–Crippen MR) is 115 cm³/mol. The van der Waals surface area contributed by atoms with E-state index in [0.29, 0.717) is 11.3 Å². The van der Waals surface area contributed by atoms with E-state index in [2.05, 4.69) is 31.4 Å². The third-order valence-electron chi connectivity index (χ3n) is 4.12. The Balaban J connectivity index is 1.76. The Morgan fingerprint density at radius 1 is 1.03 bits per heavy atom. The monoisotopic (exact) mass is 414 g/mol. The van der Waals surface area contributed by atoms with Crippen molar-refractivity contribution >= 4 is 35.2 Å². The number of nitrogens with one attached hydrogen (secondary N) is 2. The molecule has 29 heavy (non-hydrogen) atoms. The Morgan fingerprint density at radius 2 is 1.72 bits per heavy atom. The van der Waals surface area contributed by atoms with Crippen molar-refractivity contribution in [2.24, 2.45) is 0 Å². The van der Waals surface area contributed by atoms with E-state index in [1.165, 1.54) is 0 Å². The van der Waals surface area contributed by atoms with Crippen LogP contribution in [0.25, 0.3) is 0 Å². The highest BCUT2D eigenvalue weighted by atomic mass is 32.2. The van der Waals surface area contributed by atoms with Crippen molar-refractivity contribution in [2.45, 2.75) is 31.1 Å². The number of ether oxygens (including phenoxy) is 1. The Kier molecular flexibility index (Phi) is 7.84. The van der Waals surface area contributed by atoms with E-state index >= 15 is 0 Å². The molecule has 0 fully saturated rings. The molecule has 0 radical (unpaired) electrons. The molecule has 0 aromatic heterocycles. The summed E-state index contributed by atoms with van der Waals surface area (Å²) in [5, 5.41) is 5.16. The van der Waals surface area contributed by atoms with Crippen LogP contribution < -0.4 is 10.6 Å². The quantitative estimate of drug-likeness (QED) is 0.534. The van der Waals surface area contributed by atoms with Crippen molar-refractivity contribution in [1.29, 1.82) is 0 Å². The number of hydrogen-bond donors (Lipinski definition) is 2. The third-order valence-corrected chi connectivity index (χ3v) is 4.85. The first-order chi connectivity index (χ1) is 13.7. The van der Waals surface area contributed by atoms with Gasteiger partial charge in [-0.05, 0) is 47.6 Å². The lowest BCUT2D eigenvalue weighted by molar-refractivity contribution is -0.146. The summed E-state index contributed by atoms with van der Waals surface area (Å²) in [5.41, 5.74) is 2.19. The van der Waals surface area contributed by atoms with E-state index in [0.717, 1.165) is 10.5 Å². The van der Waals surface area contributed by atoms with Gasteiger partial charge in [-0.25, -0.2) is 0 Å².